The highest BCUT2D eigenvalue weighted by Gasteiger charge is 2.17. The SMILES string of the molecule is Cc1cccc(-n2c(N)c(C(=O)NCCc3ccccc3)sc2=S)c1. The standard InChI is InChI=1S/C19H19N3OS2/c1-13-6-5-9-15(12-13)22-17(20)16(25-19(22)24)18(23)21-11-10-14-7-3-2-4-8-14/h2-9,12H,10-11,20H2,1H3,(H,21,23). The Morgan fingerprint density at radius 1 is 1.20 bits per heavy atom. The van der Waals surface area contributed by atoms with E-state index in [9.17, 15) is 4.79 Å². The Balaban J connectivity index is 1.75. The first-order chi connectivity index (χ1) is 12.1. The van der Waals surface area contributed by atoms with Crippen LogP contribution in [-0.4, -0.2) is 17.0 Å². The molecule has 1 heterocycles. The summed E-state index contributed by atoms with van der Waals surface area (Å²) in [5, 5.41) is 2.92. The van der Waals surface area contributed by atoms with E-state index in [2.05, 4.69) is 5.32 Å². The van der Waals surface area contributed by atoms with Crippen LogP contribution in [0.1, 0.15) is 20.8 Å². The normalized spacial score (nSPS) is 10.6. The number of benzene rings is 2. The molecule has 3 rings (SSSR count). The molecule has 0 unspecified atom stereocenters. The summed E-state index contributed by atoms with van der Waals surface area (Å²) >= 11 is 6.65. The van der Waals surface area contributed by atoms with Crippen molar-refractivity contribution in [2.75, 3.05) is 12.3 Å². The van der Waals surface area contributed by atoms with Crippen LogP contribution in [0.4, 0.5) is 5.82 Å². The van der Waals surface area contributed by atoms with Crippen LogP contribution in [0.25, 0.3) is 5.69 Å². The Labute approximate surface area is 155 Å². The maximum Gasteiger partial charge on any atom is 0.265 e. The van der Waals surface area contributed by atoms with E-state index in [1.54, 1.807) is 4.57 Å². The molecule has 0 spiro atoms. The van der Waals surface area contributed by atoms with Crippen molar-refractivity contribution in [3.63, 3.8) is 0 Å². The Hall–Kier alpha value is -2.44. The summed E-state index contributed by atoms with van der Waals surface area (Å²) in [6.07, 6.45) is 0.774. The second kappa shape index (κ2) is 7.63. The molecule has 3 aromatic rings. The van der Waals surface area contributed by atoms with Crippen LogP contribution in [0.5, 0.6) is 0 Å². The lowest BCUT2D eigenvalue weighted by Gasteiger charge is -2.08. The van der Waals surface area contributed by atoms with Gasteiger partial charge in [-0.3, -0.25) is 9.36 Å². The third-order valence-corrected chi connectivity index (χ3v) is 5.24. The highest BCUT2D eigenvalue weighted by molar-refractivity contribution is 7.73. The van der Waals surface area contributed by atoms with Crippen molar-refractivity contribution in [3.8, 4) is 5.69 Å². The number of nitrogens with two attached hydrogens (primary N) is 1. The number of anilines is 1. The molecule has 4 nitrogen and oxygen atoms in total. The molecule has 0 aliphatic rings. The minimum absolute atomic E-state index is 0.184. The summed E-state index contributed by atoms with van der Waals surface area (Å²) in [7, 11) is 0. The van der Waals surface area contributed by atoms with E-state index in [4.69, 9.17) is 18.0 Å². The topological polar surface area (TPSA) is 60.0 Å². The minimum atomic E-state index is -0.184. The van der Waals surface area contributed by atoms with Crippen molar-refractivity contribution < 1.29 is 4.79 Å². The first-order valence-electron chi connectivity index (χ1n) is 7.97. The monoisotopic (exact) mass is 369 g/mol. The lowest BCUT2D eigenvalue weighted by atomic mass is 10.1. The van der Waals surface area contributed by atoms with E-state index in [-0.39, 0.29) is 5.91 Å². The molecule has 0 radical (unpaired) electrons. The summed E-state index contributed by atoms with van der Waals surface area (Å²) in [5.41, 5.74) is 9.38. The molecule has 0 aliphatic carbocycles. The first kappa shape index (κ1) is 17.4. The highest BCUT2D eigenvalue weighted by Crippen LogP contribution is 2.26. The average molecular weight is 370 g/mol. The van der Waals surface area contributed by atoms with Gasteiger partial charge in [0.05, 0.1) is 0 Å². The second-order valence-electron chi connectivity index (χ2n) is 5.75. The van der Waals surface area contributed by atoms with Crippen molar-refractivity contribution in [1.29, 1.82) is 0 Å². The maximum atomic E-state index is 12.5. The fourth-order valence-electron chi connectivity index (χ4n) is 2.60. The maximum absolute atomic E-state index is 12.5. The average Bonchev–Trinajstić information content (AvgIpc) is 2.90. The number of nitrogens with one attached hydrogen (secondary N) is 1. The molecular weight excluding hydrogens is 350 g/mol. The van der Waals surface area contributed by atoms with Gasteiger partial charge in [0.2, 0.25) is 0 Å². The number of aromatic nitrogens is 1. The van der Waals surface area contributed by atoms with E-state index in [0.29, 0.717) is 21.2 Å². The van der Waals surface area contributed by atoms with Crippen molar-refractivity contribution in [3.05, 3.63) is 74.6 Å². The van der Waals surface area contributed by atoms with Gasteiger partial charge in [0.1, 0.15) is 10.7 Å². The Kier molecular flexibility index (Phi) is 5.31. The van der Waals surface area contributed by atoms with Crippen molar-refractivity contribution >= 4 is 35.3 Å². The number of nitrogens with zero attached hydrogens (tertiary/aromatic N) is 1. The predicted octanol–water partition coefficient (Wildman–Crippen LogP) is 4.13. The van der Waals surface area contributed by atoms with Gasteiger partial charge in [-0.15, -0.1) is 0 Å². The summed E-state index contributed by atoms with van der Waals surface area (Å²) in [6.45, 7) is 2.56. The van der Waals surface area contributed by atoms with Crippen LogP contribution in [0.2, 0.25) is 0 Å². The second-order valence-corrected chi connectivity index (χ2v) is 7.39. The molecule has 0 bridgehead atoms. The van der Waals surface area contributed by atoms with Gasteiger partial charge in [-0.1, -0.05) is 53.8 Å². The minimum Gasteiger partial charge on any atom is -0.383 e. The number of hydrogen-bond acceptors (Lipinski definition) is 4. The van der Waals surface area contributed by atoms with E-state index >= 15 is 0 Å². The number of carbonyl (C=O) groups excluding carboxylic acids is 1. The number of carbonyl (C=O) groups is 1. The molecule has 25 heavy (non-hydrogen) atoms. The molecule has 1 amide bonds. The largest absolute Gasteiger partial charge is 0.383 e. The van der Waals surface area contributed by atoms with E-state index < -0.39 is 0 Å². The van der Waals surface area contributed by atoms with Gasteiger partial charge in [0, 0.05) is 12.2 Å². The van der Waals surface area contributed by atoms with Crippen LogP contribution in [0, 0.1) is 10.9 Å². The van der Waals surface area contributed by atoms with Gasteiger partial charge in [0.15, 0.2) is 3.95 Å². The number of aryl methyl sites for hydroxylation is 1. The Morgan fingerprint density at radius 2 is 1.96 bits per heavy atom. The van der Waals surface area contributed by atoms with Crippen LogP contribution in [0.15, 0.2) is 54.6 Å². The first-order valence-corrected chi connectivity index (χ1v) is 9.19. The van der Waals surface area contributed by atoms with Crippen molar-refractivity contribution in [2.45, 2.75) is 13.3 Å². The number of thiazole rings is 1. The summed E-state index contributed by atoms with van der Waals surface area (Å²) in [4.78, 5) is 12.9. The molecule has 1 aromatic heterocycles. The van der Waals surface area contributed by atoms with Crippen molar-refractivity contribution in [2.24, 2.45) is 0 Å². The summed E-state index contributed by atoms with van der Waals surface area (Å²) < 4.78 is 2.32. The molecule has 2 aromatic carbocycles. The van der Waals surface area contributed by atoms with Crippen molar-refractivity contribution in [1.82, 2.24) is 9.88 Å². The van der Waals surface area contributed by atoms with E-state index in [1.807, 2.05) is 61.5 Å². The zero-order chi connectivity index (χ0) is 17.8. The zero-order valence-electron chi connectivity index (χ0n) is 13.9. The van der Waals surface area contributed by atoms with Gasteiger partial charge in [-0.25, -0.2) is 0 Å². The van der Waals surface area contributed by atoms with Gasteiger partial charge in [-0.2, -0.15) is 0 Å². The molecule has 0 saturated carbocycles. The molecule has 6 heteroatoms. The van der Waals surface area contributed by atoms with Crippen LogP contribution >= 0.6 is 23.6 Å². The zero-order valence-corrected chi connectivity index (χ0v) is 15.5. The van der Waals surface area contributed by atoms with Gasteiger partial charge >= 0.3 is 0 Å². The Morgan fingerprint density at radius 3 is 2.68 bits per heavy atom. The Bertz CT molecular complexity index is 945. The van der Waals surface area contributed by atoms with Crippen LogP contribution in [0.3, 0.4) is 0 Å². The molecule has 3 N–H and O–H groups in total. The third-order valence-electron chi connectivity index (χ3n) is 3.85. The van der Waals surface area contributed by atoms with Crippen LogP contribution < -0.4 is 11.1 Å². The van der Waals surface area contributed by atoms with Gasteiger partial charge in [0.25, 0.3) is 5.91 Å². The molecule has 0 atom stereocenters. The lowest BCUT2D eigenvalue weighted by molar-refractivity contribution is 0.0958. The fraction of sp³-hybridized carbons (Fsp3) is 0.158. The lowest BCUT2D eigenvalue weighted by Crippen LogP contribution is -2.25. The number of nitrogen functional groups attached to an aromatic ring is 1. The van der Waals surface area contributed by atoms with Gasteiger partial charge < -0.3 is 11.1 Å². The van der Waals surface area contributed by atoms with E-state index in [1.165, 1.54) is 16.9 Å². The summed E-state index contributed by atoms with van der Waals surface area (Å²) in [6, 6.07) is 17.9. The number of hydrogen-bond donors (Lipinski definition) is 2. The molecular formula is C19H19N3OS2. The number of amides is 1. The third kappa shape index (κ3) is 3.97. The molecule has 0 aliphatic heterocycles. The quantitative estimate of drug-likeness (QED) is 0.665. The highest BCUT2D eigenvalue weighted by atomic mass is 32.1. The van der Waals surface area contributed by atoms with E-state index in [0.717, 1.165) is 17.7 Å². The number of rotatable bonds is 5. The predicted molar refractivity (Wildman–Crippen MR) is 106 cm³/mol. The van der Waals surface area contributed by atoms with Crippen LogP contribution in [-0.2, 0) is 6.42 Å². The smallest absolute Gasteiger partial charge is 0.265 e. The molecule has 0 fully saturated rings. The summed E-state index contributed by atoms with van der Waals surface area (Å²) in [5.74, 6) is 0.203. The van der Waals surface area contributed by atoms with Gasteiger partial charge in [-0.05, 0) is 48.8 Å². The molecule has 128 valence electrons. The fourth-order valence-corrected chi connectivity index (χ4v) is 3.89. The molecule has 0 saturated heterocycles.